The van der Waals surface area contributed by atoms with Crippen LogP contribution in [0.2, 0.25) is 0 Å². The number of ether oxygens (including phenoxy) is 2. The largest absolute Gasteiger partial charge is 0.493 e. The van der Waals surface area contributed by atoms with Crippen LogP contribution in [-0.2, 0) is 4.74 Å². The van der Waals surface area contributed by atoms with Crippen molar-refractivity contribution in [3.05, 3.63) is 35.7 Å². The minimum Gasteiger partial charge on any atom is -0.493 e. The number of hydrogen-bond donors (Lipinski definition) is 0. The maximum Gasteiger partial charge on any atom is 0.341 e. The molecule has 1 aliphatic carbocycles. The monoisotopic (exact) mass is 334 g/mol. The first-order valence-corrected chi connectivity index (χ1v) is 8.53. The first kappa shape index (κ1) is 18.5. The van der Waals surface area contributed by atoms with Crippen LogP contribution in [-0.4, -0.2) is 18.2 Å². The molecule has 0 spiro atoms. The summed E-state index contributed by atoms with van der Waals surface area (Å²) in [4.78, 5) is 12.2. The summed E-state index contributed by atoms with van der Waals surface area (Å²) in [7, 11) is 0. The highest BCUT2D eigenvalue weighted by Crippen LogP contribution is 2.31. The maximum atomic E-state index is 14.4. The fraction of sp³-hybridized carbons (Fsp3) is 0.550. The molecule has 0 radical (unpaired) electrons. The molecule has 132 valence electrons. The van der Waals surface area contributed by atoms with Crippen molar-refractivity contribution in [2.45, 2.75) is 59.0 Å². The number of esters is 1. The van der Waals surface area contributed by atoms with Crippen molar-refractivity contribution in [1.29, 1.82) is 0 Å². The van der Waals surface area contributed by atoms with Crippen LogP contribution in [0.15, 0.2) is 18.7 Å². The van der Waals surface area contributed by atoms with Crippen LogP contribution in [0.5, 0.6) is 5.75 Å². The van der Waals surface area contributed by atoms with E-state index in [9.17, 15) is 9.18 Å². The third-order valence-electron chi connectivity index (χ3n) is 4.10. The summed E-state index contributed by atoms with van der Waals surface area (Å²) in [5.41, 5.74) is 0.609. The van der Waals surface area contributed by atoms with Crippen molar-refractivity contribution in [3.63, 3.8) is 0 Å². The summed E-state index contributed by atoms with van der Waals surface area (Å²) >= 11 is 0. The molecule has 0 N–H and O–H groups in total. The summed E-state index contributed by atoms with van der Waals surface area (Å²) in [6.45, 7) is 11.6. The molecule has 0 atom stereocenters. The second-order valence-electron chi connectivity index (χ2n) is 7.57. The molecule has 0 unspecified atom stereocenters. The Morgan fingerprint density at radius 2 is 1.88 bits per heavy atom. The van der Waals surface area contributed by atoms with Gasteiger partial charge in [-0.15, -0.1) is 0 Å². The molecular formula is C20H27FO3. The van der Waals surface area contributed by atoms with Gasteiger partial charge in [-0.05, 0) is 58.1 Å². The fourth-order valence-corrected chi connectivity index (χ4v) is 2.88. The topological polar surface area (TPSA) is 35.5 Å². The van der Waals surface area contributed by atoms with Crippen molar-refractivity contribution in [3.8, 4) is 5.75 Å². The standard InChI is InChI=1S/C20H27FO3/c1-13(2)15-10-16(19(22)24-20(3,4)5)17(21)11-18(15)23-12-14-8-6-7-9-14/h10-11,14H,1,6-9,12H2,2-5H3. The summed E-state index contributed by atoms with van der Waals surface area (Å²) in [6, 6.07) is 2.76. The second kappa shape index (κ2) is 7.37. The molecule has 1 aromatic rings. The van der Waals surface area contributed by atoms with Gasteiger partial charge >= 0.3 is 5.97 Å². The van der Waals surface area contributed by atoms with Crippen LogP contribution in [0.3, 0.4) is 0 Å². The Labute approximate surface area is 143 Å². The highest BCUT2D eigenvalue weighted by atomic mass is 19.1. The highest BCUT2D eigenvalue weighted by Gasteiger charge is 2.24. The number of hydrogen-bond acceptors (Lipinski definition) is 3. The van der Waals surface area contributed by atoms with Crippen molar-refractivity contribution < 1.29 is 18.7 Å². The highest BCUT2D eigenvalue weighted by molar-refractivity contribution is 5.91. The SMILES string of the molecule is C=C(C)c1cc(C(=O)OC(C)(C)C)c(F)cc1OCC1CCCC1. The van der Waals surface area contributed by atoms with Crippen LogP contribution in [0.1, 0.15) is 69.3 Å². The van der Waals surface area contributed by atoms with E-state index in [4.69, 9.17) is 9.47 Å². The van der Waals surface area contributed by atoms with Crippen LogP contribution in [0.4, 0.5) is 4.39 Å². The number of carbonyl (C=O) groups is 1. The van der Waals surface area contributed by atoms with Crippen molar-refractivity contribution in [1.82, 2.24) is 0 Å². The van der Waals surface area contributed by atoms with E-state index in [1.807, 2.05) is 6.92 Å². The van der Waals surface area contributed by atoms with E-state index in [-0.39, 0.29) is 5.56 Å². The average molecular weight is 334 g/mol. The van der Waals surface area contributed by atoms with E-state index in [0.29, 0.717) is 23.8 Å². The minimum absolute atomic E-state index is 0.0869. The van der Waals surface area contributed by atoms with Gasteiger partial charge in [-0.25, -0.2) is 9.18 Å². The van der Waals surface area contributed by atoms with E-state index in [1.54, 1.807) is 20.8 Å². The Kier molecular flexibility index (Phi) is 5.68. The summed E-state index contributed by atoms with van der Waals surface area (Å²) in [6.07, 6.45) is 4.77. The van der Waals surface area contributed by atoms with Gasteiger partial charge in [0.25, 0.3) is 0 Å². The first-order chi connectivity index (χ1) is 11.2. The first-order valence-electron chi connectivity index (χ1n) is 8.53. The van der Waals surface area contributed by atoms with E-state index in [1.165, 1.54) is 25.0 Å². The van der Waals surface area contributed by atoms with E-state index >= 15 is 0 Å². The van der Waals surface area contributed by atoms with Crippen molar-refractivity contribution in [2.24, 2.45) is 5.92 Å². The van der Waals surface area contributed by atoms with Gasteiger partial charge in [0, 0.05) is 11.6 Å². The molecule has 1 aliphatic rings. The minimum atomic E-state index is -0.676. The molecule has 1 fully saturated rings. The fourth-order valence-electron chi connectivity index (χ4n) is 2.88. The number of halogens is 1. The molecule has 0 saturated heterocycles. The average Bonchev–Trinajstić information content (AvgIpc) is 2.95. The number of allylic oxidation sites excluding steroid dienone is 1. The van der Waals surface area contributed by atoms with Crippen LogP contribution in [0, 0.1) is 11.7 Å². The molecule has 24 heavy (non-hydrogen) atoms. The molecule has 1 saturated carbocycles. The molecule has 0 heterocycles. The zero-order valence-electron chi connectivity index (χ0n) is 15.1. The van der Waals surface area contributed by atoms with Crippen LogP contribution in [0.25, 0.3) is 5.57 Å². The normalized spacial score (nSPS) is 15.4. The second-order valence-corrected chi connectivity index (χ2v) is 7.57. The number of carbonyl (C=O) groups excluding carboxylic acids is 1. The molecule has 2 rings (SSSR count). The lowest BCUT2D eigenvalue weighted by Gasteiger charge is -2.21. The Hall–Kier alpha value is -1.84. The molecule has 3 nitrogen and oxygen atoms in total. The van der Waals surface area contributed by atoms with Gasteiger partial charge in [0.15, 0.2) is 0 Å². The van der Waals surface area contributed by atoms with E-state index < -0.39 is 17.4 Å². The predicted octanol–water partition coefficient (Wildman–Crippen LogP) is 5.38. The number of benzene rings is 1. The molecule has 1 aromatic carbocycles. The smallest absolute Gasteiger partial charge is 0.341 e. The van der Waals surface area contributed by atoms with Gasteiger partial charge in [-0.1, -0.05) is 19.4 Å². The third kappa shape index (κ3) is 4.83. The lowest BCUT2D eigenvalue weighted by Crippen LogP contribution is -2.24. The Morgan fingerprint density at radius 3 is 2.42 bits per heavy atom. The molecule has 0 bridgehead atoms. The third-order valence-corrected chi connectivity index (χ3v) is 4.10. The molecule has 0 aliphatic heterocycles. The predicted molar refractivity (Wildman–Crippen MR) is 93.7 cm³/mol. The summed E-state index contributed by atoms with van der Waals surface area (Å²) in [5, 5.41) is 0. The van der Waals surface area contributed by atoms with Crippen LogP contribution >= 0.6 is 0 Å². The maximum absolute atomic E-state index is 14.4. The summed E-state index contributed by atoms with van der Waals surface area (Å²) in [5.74, 6) is -0.337. The molecule has 0 amide bonds. The lowest BCUT2D eigenvalue weighted by atomic mass is 10.0. The van der Waals surface area contributed by atoms with Crippen molar-refractivity contribution >= 4 is 11.5 Å². The molecular weight excluding hydrogens is 307 g/mol. The van der Waals surface area contributed by atoms with E-state index in [0.717, 1.165) is 18.4 Å². The Balaban J connectivity index is 2.24. The van der Waals surface area contributed by atoms with Gasteiger partial charge in [0.1, 0.15) is 17.2 Å². The van der Waals surface area contributed by atoms with Gasteiger partial charge in [0.05, 0.1) is 12.2 Å². The zero-order valence-corrected chi connectivity index (χ0v) is 15.1. The quantitative estimate of drug-likeness (QED) is 0.678. The van der Waals surface area contributed by atoms with Crippen LogP contribution < -0.4 is 4.74 Å². The number of rotatable bonds is 5. The lowest BCUT2D eigenvalue weighted by molar-refractivity contribution is 0.00646. The van der Waals surface area contributed by atoms with Gasteiger partial charge in [0.2, 0.25) is 0 Å². The summed E-state index contributed by atoms with van der Waals surface area (Å²) < 4.78 is 25.5. The van der Waals surface area contributed by atoms with Gasteiger partial charge < -0.3 is 9.47 Å². The Bertz CT molecular complexity index is 623. The molecule has 4 heteroatoms. The molecule has 0 aromatic heterocycles. The van der Waals surface area contributed by atoms with Gasteiger partial charge in [-0.2, -0.15) is 0 Å². The van der Waals surface area contributed by atoms with E-state index in [2.05, 4.69) is 6.58 Å². The van der Waals surface area contributed by atoms with Crippen molar-refractivity contribution in [2.75, 3.05) is 6.61 Å². The van der Waals surface area contributed by atoms with Gasteiger partial charge in [-0.3, -0.25) is 0 Å². The zero-order chi connectivity index (χ0) is 17.9. The Morgan fingerprint density at radius 1 is 1.25 bits per heavy atom.